The van der Waals surface area contributed by atoms with E-state index in [0.29, 0.717) is 21.0 Å². The molecule has 0 N–H and O–H groups in total. The summed E-state index contributed by atoms with van der Waals surface area (Å²) in [6, 6.07) is 9.53. The number of halogens is 2. The molecule has 0 saturated heterocycles. The SMILES string of the molecule is Cc1ccsc1/C=C/c1ccnc(SCc2c(Cl)cccc2Cl)n1. The second-order valence-corrected chi connectivity index (χ2v) is 7.76. The van der Waals surface area contributed by atoms with Gasteiger partial charge in [0.2, 0.25) is 0 Å². The van der Waals surface area contributed by atoms with Crippen LogP contribution in [0, 0.1) is 6.92 Å². The number of hydrogen-bond acceptors (Lipinski definition) is 4. The number of rotatable bonds is 5. The Morgan fingerprint density at radius 1 is 1.12 bits per heavy atom. The Labute approximate surface area is 159 Å². The second-order valence-electron chi connectivity index (χ2n) is 5.05. The summed E-state index contributed by atoms with van der Waals surface area (Å²) < 4.78 is 0. The molecule has 0 atom stereocenters. The van der Waals surface area contributed by atoms with Gasteiger partial charge in [-0.3, -0.25) is 0 Å². The zero-order chi connectivity index (χ0) is 16.9. The van der Waals surface area contributed by atoms with E-state index in [2.05, 4.69) is 34.4 Å². The standard InChI is InChI=1S/C18H14Cl2N2S2/c1-12-8-10-23-17(12)6-5-13-7-9-21-18(22-13)24-11-14-15(19)3-2-4-16(14)20/h2-10H,11H2,1H3/b6-5+. The Kier molecular flexibility index (Phi) is 5.95. The quantitative estimate of drug-likeness (QED) is 0.360. The van der Waals surface area contributed by atoms with Gasteiger partial charge in [0.15, 0.2) is 5.16 Å². The van der Waals surface area contributed by atoms with Gasteiger partial charge in [-0.05, 0) is 59.8 Å². The Hall–Kier alpha value is -1.33. The Morgan fingerprint density at radius 3 is 2.62 bits per heavy atom. The smallest absolute Gasteiger partial charge is 0.188 e. The molecule has 0 aliphatic rings. The number of hydrogen-bond donors (Lipinski definition) is 0. The average molecular weight is 393 g/mol. The fraction of sp³-hybridized carbons (Fsp3) is 0.111. The topological polar surface area (TPSA) is 25.8 Å². The number of aromatic nitrogens is 2. The molecule has 0 fully saturated rings. The van der Waals surface area contributed by atoms with Crippen molar-refractivity contribution in [3.63, 3.8) is 0 Å². The van der Waals surface area contributed by atoms with Gasteiger partial charge in [0.05, 0.1) is 5.69 Å². The summed E-state index contributed by atoms with van der Waals surface area (Å²) >= 11 is 15.6. The van der Waals surface area contributed by atoms with Crippen LogP contribution in [0.15, 0.2) is 47.1 Å². The lowest BCUT2D eigenvalue weighted by molar-refractivity contribution is 0.957. The van der Waals surface area contributed by atoms with Crippen molar-refractivity contribution in [1.82, 2.24) is 9.97 Å². The molecule has 122 valence electrons. The van der Waals surface area contributed by atoms with E-state index in [1.165, 1.54) is 22.2 Å². The van der Waals surface area contributed by atoms with Gasteiger partial charge in [-0.2, -0.15) is 0 Å². The van der Waals surface area contributed by atoms with Crippen LogP contribution in [-0.4, -0.2) is 9.97 Å². The van der Waals surface area contributed by atoms with Crippen LogP contribution in [0.3, 0.4) is 0 Å². The van der Waals surface area contributed by atoms with Crippen LogP contribution in [0.25, 0.3) is 12.2 Å². The first kappa shape index (κ1) is 17.5. The van der Waals surface area contributed by atoms with Crippen molar-refractivity contribution < 1.29 is 0 Å². The van der Waals surface area contributed by atoms with Gasteiger partial charge in [0.25, 0.3) is 0 Å². The van der Waals surface area contributed by atoms with E-state index >= 15 is 0 Å². The summed E-state index contributed by atoms with van der Waals surface area (Å²) in [6.07, 6.45) is 5.86. The molecule has 6 heteroatoms. The van der Waals surface area contributed by atoms with Crippen molar-refractivity contribution in [2.24, 2.45) is 0 Å². The maximum absolute atomic E-state index is 6.20. The molecule has 0 unspecified atom stereocenters. The molecule has 3 rings (SSSR count). The van der Waals surface area contributed by atoms with Crippen LogP contribution in [0.2, 0.25) is 10.0 Å². The van der Waals surface area contributed by atoms with E-state index in [-0.39, 0.29) is 0 Å². The van der Waals surface area contributed by atoms with Gasteiger partial charge in [0.1, 0.15) is 0 Å². The lowest BCUT2D eigenvalue weighted by atomic mass is 10.2. The van der Waals surface area contributed by atoms with Gasteiger partial charge < -0.3 is 0 Å². The third kappa shape index (κ3) is 4.39. The van der Waals surface area contributed by atoms with E-state index < -0.39 is 0 Å². The van der Waals surface area contributed by atoms with E-state index in [1.54, 1.807) is 17.5 Å². The van der Waals surface area contributed by atoms with Gasteiger partial charge in [0, 0.05) is 26.9 Å². The van der Waals surface area contributed by atoms with Crippen molar-refractivity contribution in [1.29, 1.82) is 0 Å². The Morgan fingerprint density at radius 2 is 1.92 bits per heavy atom. The van der Waals surface area contributed by atoms with Crippen LogP contribution >= 0.6 is 46.3 Å². The van der Waals surface area contributed by atoms with Gasteiger partial charge in [-0.25, -0.2) is 9.97 Å². The molecular weight excluding hydrogens is 379 g/mol. The first-order chi connectivity index (χ1) is 11.6. The highest BCUT2D eigenvalue weighted by Gasteiger charge is 2.07. The van der Waals surface area contributed by atoms with Crippen LogP contribution < -0.4 is 0 Å². The number of thiophene rings is 1. The predicted octanol–water partition coefficient (Wildman–Crippen LogP) is 6.62. The van der Waals surface area contributed by atoms with Crippen LogP contribution in [0.1, 0.15) is 21.7 Å². The molecule has 2 heterocycles. The molecule has 2 nitrogen and oxygen atoms in total. The second kappa shape index (κ2) is 8.17. The molecule has 24 heavy (non-hydrogen) atoms. The summed E-state index contributed by atoms with van der Waals surface area (Å²) in [7, 11) is 0. The van der Waals surface area contributed by atoms with E-state index in [9.17, 15) is 0 Å². The summed E-state index contributed by atoms with van der Waals surface area (Å²) in [5, 5.41) is 4.12. The normalized spacial score (nSPS) is 11.3. The Bertz CT molecular complexity index is 855. The van der Waals surface area contributed by atoms with Crippen molar-refractivity contribution in [2.75, 3.05) is 0 Å². The summed E-state index contributed by atoms with van der Waals surface area (Å²) in [5.74, 6) is 0.635. The molecular formula is C18H14Cl2N2S2. The van der Waals surface area contributed by atoms with Crippen molar-refractivity contribution in [3.8, 4) is 0 Å². The molecule has 0 aliphatic carbocycles. The highest BCUT2D eigenvalue weighted by molar-refractivity contribution is 7.98. The summed E-state index contributed by atoms with van der Waals surface area (Å²) in [5.41, 5.74) is 3.06. The summed E-state index contributed by atoms with van der Waals surface area (Å²) in [4.78, 5) is 10.1. The number of benzene rings is 1. The van der Waals surface area contributed by atoms with E-state index in [1.807, 2.05) is 30.3 Å². The highest BCUT2D eigenvalue weighted by atomic mass is 35.5. The molecule has 0 radical (unpaired) electrons. The van der Waals surface area contributed by atoms with E-state index in [4.69, 9.17) is 23.2 Å². The molecule has 0 bridgehead atoms. The monoisotopic (exact) mass is 392 g/mol. The van der Waals surface area contributed by atoms with Crippen LogP contribution in [0.5, 0.6) is 0 Å². The van der Waals surface area contributed by atoms with Gasteiger partial charge in [-0.15, -0.1) is 11.3 Å². The van der Waals surface area contributed by atoms with Gasteiger partial charge >= 0.3 is 0 Å². The molecule has 2 aromatic heterocycles. The maximum atomic E-state index is 6.20. The lowest BCUT2D eigenvalue weighted by Crippen LogP contribution is -1.91. The number of aryl methyl sites for hydroxylation is 1. The van der Waals surface area contributed by atoms with Crippen molar-refractivity contribution >= 4 is 58.5 Å². The highest BCUT2D eigenvalue weighted by Crippen LogP contribution is 2.30. The maximum Gasteiger partial charge on any atom is 0.188 e. The fourth-order valence-corrected chi connectivity index (χ4v) is 4.44. The largest absolute Gasteiger partial charge is 0.231 e. The van der Waals surface area contributed by atoms with Crippen molar-refractivity contribution in [3.05, 3.63) is 73.7 Å². The van der Waals surface area contributed by atoms with Crippen LogP contribution in [-0.2, 0) is 5.75 Å². The predicted molar refractivity (Wildman–Crippen MR) is 106 cm³/mol. The first-order valence-electron chi connectivity index (χ1n) is 7.24. The molecule has 1 aromatic carbocycles. The molecule has 0 spiro atoms. The molecule has 0 aliphatic heterocycles. The third-order valence-electron chi connectivity index (χ3n) is 3.37. The minimum atomic E-state index is 0.635. The minimum Gasteiger partial charge on any atom is -0.231 e. The number of thioether (sulfide) groups is 1. The van der Waals surface area contributed by atoms with Crippen molar-refractivity contribution in [2.45, 2.75) is 17.8 Å². The number of nitrogens with zero attached hydrogens (tertiary/aromatic N) is 2. The zero-order valence-corrected chi connectivity index (χ0v) is 16.0. The molecule has 3 aromatic rings. The Balaban J connectivity index is 1.72. The lowest BCUT2D eigenvalue weighted by Gasteiger charge is -2.06. The van der Waals surface area contributed by atoms with E-state index in [0.717, 1.165) is 11.3 Å². The minimum absolute atomic E-state index is 0.635. The summed E-state index contributed by atoms with van der Waals surface area (Å²) in [6.45, 7) is 2.10. The molecule has 0 saturated carbocycles. The molecule has 0 amide bonds. The van der Waals surface area contributed by atoms with Crippen LogP contribution in [0.4, 0.5) is 0 Å². The first-order valence-corrected chi connectivity index (χ1v) is 9.86. The zero-order valence-electron chi connectivity index (χ0n) is 12.9. The fourth-order valence-electron chi connectivity index (χ4n) is 2.04. The van der Waals surface area contributed by atoms with Gasteiger partial charge in [-0.1, -0.05) is 41.0 Å². The average Bonchev–Trinajstić information content (AvgIpc) is 2.98. The third-order valence-corrected chi connectivity index (χ3v) is 5.95.